The lowest BCUT2D eigenvalue weighted by Gasteiger charge is -2.40. The highest BCUT2D eigenvalue weighted by atomic mass is 16.3. The lowest BCUT2D eigenvalue weighted by Crippen LogP contribution is -2.49. The van der Waals surface area contributed by atoms with Gasteiger partial charge in [-0.05, 0) is 31.1 Å². The van der Waals surface area contributed by atoms with Crippen LogP contribution in [0.2, 0.25) is 0 Å². The van der Waals surface area contributed by atoms with E-state index in [4.69, 9.17) is 0 Å². The molecule has 1 N–H and O–H groups in total. The van der Waals surface area contributed by atoms with E-state index in [2.05, 4.69) is 32.6 Å². The number of aliphatic hydroxyl groups is 1. The van der Waals surface area contributed by atoms with Crippen LogP contribution in [0.1, 0.15) is 41.0 Å². The summed E-state index contributed by atoms with van der Waals surface area (Å²) in [6.45, 7) is 13.9. The fourth-order valence-electron chi connectivity index (χ4n) is 2.56. The van der Waals surface area contributed by atoms with Crippen molar-refractivity contribution in [1.82, 2.24) is 4.90 Å². The summed E-state index contributed by atoms with van der Waals surface area (Å²) in [5.74, 6) is 1.87. The molecule has 1 heterocycles. The summed E-state index contributed by atoms with van der Waals surface area (Å²) in [6, 6.07) is 0. The molecule has 2 heteroatoms. The van der Waals surface area contributed by atoms with Crippen LogP contribution in [-0.2, 0) is 0 Å². The van der Waals surface area contributed by atoms with Crippen LogP contribution in [0.3, 0.4) is 0 Å². The van der Waals surface area contributed by atoms with Crippen molar-refractivity contribution in [2.45, 2.75) is 46.6 Å². The Hall–Kier alpha value is -0.0800. The SMILES string of the molecule is CC1CC(C)CN(CC(C)(O)C(C)C)C1. The standard InChI is InChI=1S/C13H27NO/c1-10(2)13(5,15)9-14-7-11(3)6-12(4)8-14/h10-12,15H,6-9H2,1-5H3. The Bertz CT molecular complexity index is 191. The summed E-state index contributed by atoms with van der Waals surface area (Å²) in [6.07, 6.45) is 1.33. The molecule has 0 bridgehead atoms. The Morgan fingerprint density at radius 3 is 2.13 bits per heavy atom. The van der Waals surface area contributed by atoms with Gasteiger partial charge in [-0.1, -0.05) is 27.7 Å². The highest BCUT2D eigenvalue weighted by molar-refractivity contribution is 4.84. The van der Waals surface area contributed by atoms with Gasteiger partial charge < -0.3 is 5.11 Å². The van der Waals surface area contributed by atoms with Crippen LogP contribution in [0.15, 0.2) is 0 Å². The molecule has 1 aliphatic rings. The lowest BCUT2D eigenvalue weighted by atomic mass is 9.88. The van der Waals surface area contributed by atoms with Crippen molar-refractivity contribution in [3.63, 3.8) is 0 Å². The first-order chi connectivity index (χ1) is 6.81. The van der Waals surface area contributed by atoms with Gasteiger partial charge in [0.25, 0.3) is 0 Å². The molecule has 0 aromatic carbocycles. The number of hydrogen-bond acceptors (Lipinski definition) is 2. The van der Waals surface area contributed by atoms with E-state index in [1.165, 1.54) is 6.42 Å². The third-order valence-corrected chi connectivity index (χ3v) is 3.73. The fourth-order valence-corrected chi connectivity index (χ4v) is 2.56. The van der Waals surface area contributed by atoms with E-state index in [1.807, 2.05) is 6.92 Å². The van der Waals surface area contributed by atoms with Crippen LogP contribution in [0.25, 0.3) is 0 Å². The minimum atomic E-state index is -0.545. The summed E-state index contributed by atoms with van der Waals surface area (Å²) >= 11 is 0. The summed E-state index contributed by atoms with van der Waals surface area (Å²) in [4.78, 5) is 2.43. The molecule has 0 amide bonds. The van der Waals surface area contributed by atoms with Gasteiger partial charge in [0.1, 0.15) is 0 Å². The minimum Gasteiger partial charge on any atom is -0.389 e. The Balaban J connectivity index is 2.50. The summed E-state index contributed by atoms with van der Waals surface area (Å²) in [5, 5.41) is 10.3. The molecule has 1 aliphatic heterocycles. The Morgan fingerprint density at radius 1 is 1.27 bits per heavy atom. The zero-order valence-corrected chi connectivity index (χ0v) is 11.0. The molecule has 0 aromatic rings. The second kappa shape index (κ2) is 4.84. The number of hydrogen-bond donors (Lipinski definition) is 1. The second-order valence-corrected chi connectivity index (χ2v) is 6.15. The van der Waals surface area contributed by atoms with E-state index in [1.54, 1.807) is 0 Å². The molecule has 2 nitrogen and oxygen atoms in total. The fraction of sp³-hybridized carbons (Fsp3) is 1.00. The molecule has 0 aliphatic carbocycles. The molecule has 1 saturated heterocycles. The Morgan fingerprint density at radius 2 is 1.73 bits per heavy atom. The second-order valence-electron chi connectivity index (χ2n) is 6.15. The predicted octanol–water partition coefficient (Wildman–Crippen LogP) is 2.37. The summed E-state index contributed by atoms with van der Waals surface area (Å²) in [7, 11) is 0. The molecule has 1 fully saturated rings. The maximum Gasteiger partial charge on any atom is 0.0768 e. The zero-order chi connectivity index (χ0) is 11.6. The first-order valence-electron chi connectivity index (χ1n) is 6.26. The number of nitrogens with zero attached hydrogens (tertiary/aromatic N) is 1. The molecule has 90 valence electrons. The molecule has 0 spiro atoms. The van der Waals surface area contributed by atoms with Gasteiger partial charge in [0, 0.05) is 19.6 Å². The van der Waals surface area contributed by atoms with Crippen molar-refractivity contribution in [2.75, 3.05) is 19.6 Å². The highest BCUT2D eigenvalue weighted by Crippen LogP contribution is 2.24. The van der Waals surface area contributed by atoms with Crippen LogP contribution in [0.5, 0.6) is 0 Å². The minimum absolute atomic E-state index is 0.324. The van der Waals surface area contributed by atoms with E-state index in [0.717, 1.165) is 31.5 Å². The molecular formula is C13H27NO. The van der Waals surface area contributed by atoms with Gasteiger partial charge >= 0.3 is 0 Å². The van der Waals surface area contributed by atoms with E-state index in [0.29, 0.717) is 5.92 Å². The molecule has 15 heavy (non-hydrogen) atoms. The van der Waals surface area contributed by atoms with Gasteiger partial charge in [-0.3, -0.25) is 4.90 Å². The van der Waals surface area contributed by atoms with Crippen LogP contribution in [-0.4, -0.2) is 35.2 Å². The zero-order valence-electron chi connectivity index (χ0n) is 11.0. The average molecular weight is 213 g/mol. The van der Waals surface area contributed by atoms with Crippen LogP contribution in [0, 0.1) is 17.8 Å². The molecule has 0 radical (unpaired) electrons. The van der Waals surface area contributed by atoms with Crippen molar-refractivity contribution in [1.29, 1.82) is 0 Å². The number of β-amino-alcohol motifs (C(OH)–C–C–N with tert-alkyl or cyclic N) is 1. The van der Waals surface area contributed by atoms with Crippen molar-refractivity contribution in [2.24, 2.45) is 17.8 Å². The van der Waals surface area contributed by atoms with E-state index >= 15 is 0 Å². The smallest absolute Gasteiger partial charge is 0.0768 e. The average Bonchev–Trinajstić information content (AvgIpc) is 1.99. The maximum absolute atomic E-state index is 10.3. The molecular weight excluding hydrogens is 186 g/mol. The van der Waals surface area contributed by atoms with Crippen LogP contribution >= 0.6 is 0 Å². The maximum atomic E-state index is 10.3. The lowest BCUT2D eigenvalue weighted by molar-refractivity contribution is -0.0322. The van der Waals surface area contributed by atoms with Gasteiger partial charge in [-0.25, -0.2) is 0 Å². The monoisotopic (exact) mass is 213 g/mol. The van der Waals surface area contributed by atoms with Crippen molar-refractivity contribution >= 4 is 0 Å². The van der Waals surface area contributed by atoms with E-state index < -0.39 is 5.60 Å². The van der Waals surface area contributed by atoms with Crippen LogP contribution in [0.4, 0.5) is 0 Å². The van der Waals surface area contributed by atoms with Crippen molar-refractivity contribution < 1.29 is 5.11 Å². The van der Waals surface area contributed by atoms with Gasteiger partial charge in [-0.15, -0.1) is 0 Å². The number of likely N-dealkylation sites (tertiary alicyclic amines) is 1. The third-order valence-electron chi connectivity index (χ3n) is 3.73. The quantitative estimate of drug-likeness (QED) is 0.778. The normalized spacial score (nSPS) is 33.0. The topological polar surface area (TPSA) is 23.5 Å². The van der Waals surface area contributed by atoms with E-state index in [-0.39, 0.29) is 0 Å². The van der Waals surface area contributed by atoms with Gasteiger partial charge in [0.15, 0.2) is 0 Å². The number of rotatable bonds is 3. The largest absolute Gasteiger partial charge is 0.389 e. The number of piperidine rings is 1. The van der Waals surface area contributed by atoms with Crippen LogP contribution < -0.4 is 0 Å². The third kappa shape index (κ3) is 3.76. The Kier molecular flexibility index (Phi) is 4.19. The van der Waals surface area contributed by atoms with Crippen molar-refractivity contribution in [3.8, 4) is 0 Å². The highest BCUT2D eigenvalue weighted by Gasteiger charge is 2.30. The molecule has 0 aromatic heterocycles. The molecule has 3 unspecified atom stereocenters. The first kappa shape index (κ1) is 13.0. The Labute approximate surface area is 94.7 Å². The molecule has 3 atom stereocenters. The molecule has 1 rings (SSSR count). The predicted molar refractivity (Wildman–Crippen MR) is 64.8 cm³/mol. The van der Waals surface area contributed by atoms with Gasteiger partial charge in [-0.2, -0.15) is 0 Å². The molecule has 0 saturated carbocycles. The summed E-state index contributed by atoms with van der Waals surface area (Å²) in [5.41, 5.74) is -0.545. The first-order valence-corrected chi connectivity index (χ1v) is 6.26. The van der Waals surface area contributed by atoms with Gasteiger partial charge in [0.2, 0.25) is 0 Å². The van der Waals surface area contributed by atoms with Gasteiger partial charge in [0.05, 0.1) is 5.60 Å². The van der Waals surface area contributed by atoms with Crippen molar-refractivity contribution in [3.05, 3.63) is 0 Å². The summed E-state index contributed by atoms with van der Waals surface area (Å²) < 4.78 is 0. The van der Waals surface area contributed by atoms with E-state index in [9.17, 15) is 5.11 Å².